The van der Waals surface area contributed by atoms with Crippen molar-refractivity contribution in [2.45, 2.75) is 44.9 Å². The fourth-order valence-electron chi connectivity index (χ4n) is 4.79. The second-order valence-corrected chi connectivity index (χ2v) is 9.77. The van der Waals surface area contributed by atoms with Crippen molar-refractivity contribution in [1.29, 1.82) is 0 Å². The molecule has 31 heavy (non-hydrogen) atoms. The van der Waals surface area contributed by atoms with Gasteiger partial charge in [0.25, 0.3) is 0 Å². The minimum absolute atomic E-state index is 0.170. The lowest BCUT2D eigenvalue weighted by Gasteiger charge is -2.33. The number of nitrogens with one attached hydrogen (secondary N) is 2. The average Bonchev–Trinajstić information content (AvgIpc) is 3.10. The van der Waals surface area contributed by atoms with Gasteiger partial charge in [-0.1, -0.05) is 13.0 Å². The van der Waals surface area contributed by atoms with Crippen molar-refractivity contribution in [2.75, 3.05) is 36.8 Å². The Bertz CT molecular complexity index is 1090. The van der Waals surface area contributed by atoms with Crippen LogP contribution in [0.1, 0.15) is 47.3 Å². The van der Waals surface area contributed by atoms with E-state index in [9.17, 15) is 5.11 Å². The highest BCUT2D eigenvalue weighted by Crippen LogP contribution is 2.37. The molecule has 164 valence electrons. The van der Waals surface area contributed by atoms with Gasteiger partial charge in [0.2, 0.25) is 0 Å². The molecule has 8 heteroatoms. The lowest BCUT2D eigenvalue weighted by molar-refractivity contribution is 0.122. The van der Waals surface area contributed by atoms with Gasteiger partial charge in [-0.05, 0) is 43.5 Å². The summed E-state index contributed by atoms with van der Waals surface area (Å²) in [7, 11) is 0. The molecule has 0 bridgehead atoms. The molecule has 0 aromatic carbocycles. The van der Waals surface area contributed by atoms with Crippen LogP contribution in [0.5, 0.6) is 0 Å². The molecule has 3 atom stereocenters. The van der Waals surface area contributed by atoms with E-state index in [-0.39, 0.29) is 6.04 Å². The van der Waals surface area contributed by atoms with E-state index in [1.165, 1.54) is 22.6 Å². The van der Waals surface area contributed by atoms with Crippen LogP contribution in [0.2, 0.25) is 0 Å². The predicted molar refractivity (Wildman–Crippen MR) is 127 cm³/mol. The SMILES string of the molecule is Cc1ccc2c(N)c(C(O)N[C@H]3Cc4ccc(N5CCNCC5)nc4[C@@H](C)C3)sc2n1. The van der Waals surface area contributed by atoms with Crippen molar-refractivity contribution in [3.63, 3.8) is 0 Å². The smallest absolute Gasteiger partial charge is 0.142 e. The topological polar surface area (TPSA) is 99.3 Å². The summed E-state index contributed by atoms with van der Waals surface area (Å²) in [5.74, 6) is 1.42. The number of aliphatic hydroxyl groups is 1. The van der Waals surface area contributed by atoms with Crippen molar-refractivity contribution >= 4 is 33.1 Å². The number of hydrogen-bond acceptors (Lipinski definition) is 8. The number of nitrogen functional groups attached to an aromatic ring is 1. The van der Waals surface area contributed by atoms with Gasteiger partial charge in [0.15, 0.2) is 0 Å². The number of anilines is 2. The van der Waals surface area contributed by atoms with Crippen LogP contribution in [0.3, 0.4) is 0 Å². The van der Waals surface area contributed by atoms with Crippen LogP contribution in [0.15, 0.2) is 24.3 Å². The molecule has 5 rings (SSSR count). The number of fused-ring (bicyclic) bond motifs is 2. The fraction of sp³-hybridized carbons (Fsp3) is 0.478. The van der Waals surface area contributed by atoms with Gasteiger partial charge in [-0.3, -0.25) is 5.32 Å². The van der Waals surface area contributed by atoms with Crippen LogP contribution >= 0.6 is 11.3 Å². The molecule has 1 fully saturated rings. The number of aryl methyl sites for hydroxylation is 1. The molecule has 0 spiro atoms. The zero-order valence-electron chi connectivity index (χ0n) is 18.1. The average molecular weight is 439 g/mol. The first-order valence-electron chi connectivity index (χ1n) is 11.0. The van der Waals surface area contributed by atoms with E-state index in [2.05, 4.69) is 39.6 Å². The van der Waals surface area contributed by atoms with Crippen molar-refractivity contribution in [3.05, 3.63) is 46.1 Å². The molecule has 1 aliphatic carbocycles. The summed E-state index contributed by atoms with van der Waals surface area (Å²) in [6.45, 7) is 8.21. The van der Waals surface area contributed by atoms with E-state index in [4.69, 9.17) is 10.7 Å². The highest BCUT2D eigenvalue weighted by atomic mass is 32.1. The number of pyridine rings is 2. The molecule has 3 aromatic heterocycles. The highest BCUT2D eigenvalue weighted by molar-refractivity contribution is 7.19. The number of thiophene rings is 1. The molecule has 7 nitrogen and oxygen atoms in total. The zero-order valence-corrected chi connectivity index (χ0v) is 18.9. The third-order valence-corrected chi connectivity index (χ3v) is 7.58. The molecular formula is C23H30N6OS. The molecule has 1 aliphatic heterocycles. The van der Waals surface area contributed by atoms with Gasteiger partial charge >= 0.3 is 0 Å². The Labute approximate surface area is 186 Å². The number of aromatic nitrogens is 2. The minimum Gasteiger partial charge on any atom is -0.397 e. The summed E-state index contributed by atoms with van der Waals surface area (Å²) in [4.78, 5) is 13.6. The van der Waals surface area contributed by atoms with Gasteiger partial charge in [0.05, 0.1) is 10.6 Å². The Morgan fingerprint density at radius 2 is 2.03 bits per heavy atom. The molecule has 1 saturated heterocycles. The first-order valence-corrected chi connectivity index (χ1v) is 11.9. The molecular weight excluding hydrogens is 408 g/mol. The predicted octanol–water partition coefficient (Wildman–Crippen LogP) is 2.69. The van der Waals surface area contributed by atoms with Crippen LogP contribution < -0.4 is 21.3 Å². The van der Waals surface area contributed by atoms with Gasteiger partial charge < -0.3 is 21.1 Å². The first-order chi connectivity index (χ1) is 15.0. The zero-order chi connectivity index (χ0) is 21.5. The number of nitrogens with two attached hydrogens (primary N) is 1. The van der Waals surface area contributed by atoms with Gasteiger partial charge in [-0.15, -0.1) is 11.3 Å². The van der Waals surface area contributed by atoms with E-state index in [0.29, 0.717) is 11.6 Å². The van der Waals surface area contributed by atoms with Crippen molar-refractivity contribution in [2.24, 2.45) is 0 Å². The Morgan fingerprint density at radius 3 is 2.84 bits per heavy atom. The minimum atomic E-state index is -0.800. The third-order valence-electron chi connectivity index (χ3n) is 6.41. The van der Waals surface area contributed by atoms with Gasteiger partial charge in [-0.2, -0.15) is 0 Å². The molecule has 1 unspecified atom stereocenters. The molecule has 4 heterocycles. The summed E-state index contributed by atoms with van der Waals surface area (Å²) >= 11 is 1.47. The van der Waals surface area contributed by atoms with Crippen LogP contribution in [0.25, 0.3) is 10.2 Å². The summed E-state index contributed by atoms with van der Waals surface area (Å²) in [6.07, 6.45) is 0.990. The van der Waals surface area contributed by atoms with Crippen molar-refractivity contribution in [1.82, 2.24) is 20.6 Å². The molecule has 0 amide bonds. The summed E-state index contributed by atoms with van der Waals surface area (Å²) in [6, 6.07) is 8.48. The van der Waals surface area contributed by atoms with Crippen LogP contribution in [0, 0.1) is 6.92 Å². The van der Waals surface area contributed by atoms with E-state index in [0.717, 1.165) is 65.6 Å². The molecule has 0 radical (unpaired) electrons. The lowest BCUT2D eigenvalue weighted by Crippen LogP contribution is -2.44. The number of nitrogens with zero attached hydrogens (tertiary/aromatic N) is 3. The van der Waals surface area contributed by atoms with Crippen molar-refractivity contribution in [3.8, 4) is 0 Å². The number of hydrogen-bond donors (Lipinski definition) is 4. The van der Waals surface area contributed by atoms with Crippen LogP contribution in [0.4, 0.5) is 11.5 Å². The third kappa shape index (κ3) is 4.01. The second kappa shape index (κ2) is 8.35. The van der Waals surface area contributed by atoms with Gasteiger partial charge in [0, 0.05) is 54.9 Å². The highest BCUT2D eigenvalue weighted by Gasteiger charge is 2.29. The Morgan fingerprint density at radius 1 is 1.23 bits per heavy atom. The van der Waals surface area contributed by atoms with Crippen LogP contribution in [-0.2, 0) is 6.42 Å². The molecule has 0 saturated carbocycles. The second-order valence-electron chi connectivity index (χ2n) is 8.74. The van der Waals surface area contributed by atoms with Crippen LogP contribution in [-0.4, -0.2) is 47.3 Å². The Hall–Kier alpha value is -2.26. The van der Waals surface area contributed by atoms with Crippen molar-refractivity contribution < 1.29 is 5.11 Å². The summed E-state index contributed by atoms with van der Waals surface area (Å²) < 4.78 is 0. The van der Waals surface area contributed by atoms with Gasteiger partial charge in [-0.25, -0.2) is 9.97 Å². The maximum Gasteiger partial charge on any atom is 0.142 e. The Kier molecular flexibility index (Phi) is 5.56. The molecule has 2 aliphatic rings. The maximum absolute atomic E-state index is 10.9. The van der Waals surface area contributed by atoms with E-state index in [1.807, 2.05) is 19.1 Å². The number of rotatable bonds is 4. The number of aliphatic hydroxyl groups excluding tert-OH is 1. The molecule has 3 aromatic rings. The Balaban J connectivity index is 1.32. The summed E-state index contributed by atoms with van der Waals surface area (Å²) in [5, 5.41) is 18.7. The quantitative estimate of drug-likeness (QED) is 0.465. The van der Waals surface area contributed by atoms with E-state index < -0.39 is 6.23 Å². The first kappa shape index (κ1) is 20.6. The number of piperazine rings is 1. The monoisotopic (exact) mass is 438 g/mol. The van der Waals surface area contributed by atoms with E-state index >= 15 is 0 Å². The van der Waals surface area contributed by atoms with E-state index in [1.54, 1.807) is 0 Å². The standard InChI is InChI=1S/C23H30N6OS/c1-13-11-16(12-15-4-6-18(28-20(13)15)29-9-7-25-8-10-29)27-22(30)21-19(24)17-5-3-14(2)26-23(17)31-21/h3-6,13,16,22,25,27,30H,7-12,24H2,1-2H3/t13-,16+,22?/m0/s1. The van der Waals surface area contributed by atoms with Gasteiger partial charge in [0.1, 0.15) is 16.9 Å². The lowest BCUT2D eigenvalue weighted by atomic mass is 9.84. The maximum atomic E-state index is 10.9. The molecule has 5 N–H and O–H groups in total. The largest absolute Gasteiger partial charge is 0.397 e. The fourth-order valence-corrected chi connectivity index (χ4v) is 5.87. The normalized spacial score (nSPS) is 22.5. The summed E-state index contributed by atoms with van der Waals surface area (Å²) in [5.41, 5.74) is 10.4.